The fourth-order valence-electron chi connectivity index (χ4n) is 3.84. The summed E-state index contributed by atoms with van der Waals surface area (Å²) in [6.45, 7) is 4.76. The Balaban J connectivity index is 1.40. The Morgan fingerprint density at radius 1 is 1.12 bits per heavy atom. The second kappa shape index (κ2) is 9.20. The van der Waals surface area contributed by atoms with Crippen LogP contribution in [0, 0.1) is 6.92 Å². The van der Waals surface area contributed by atoms with E-state index < -0.39 is 15.8 Å². The predicted octanol–water partition coefficient (Wildman–Crippen LogP) is 2.49. The van der Waals surface area contributed by atoms with Gasteiger partial charge in [-0.1, -0.05) is 11.6 Å². The van der Waals surface area contributed by atoms with E-state index in [-0.39, 0.29) is 49.2 Å². The smallest absolute Gasteiger partial charge is 0.419 e. The topological polar surface area (TPSA) is 102 Å². The van der Waals surface area contributed by atoms with Crippen LogP contribution in [0.3, 0.4) is 0 Å². The van der Waals surface area contributed by atoms with Crippen molar-refractivity contribution in [3.63, 3.8) is 0 Å². The standard InChI is InChI=1S/C22H24ClN3O6S/c1-3-26-18-6-5-17(13-20(18)32-22(26)28)33(29,30)25-10-8-24(9-11-25)21(27)14-31-19-7-4-16(23)12-15(19)2/h4-7,12-13H,3,8-11,14H2,1-2H3. The molecule has 4 rings (SSSR count). The van der Waals surface area contributed by atoms with Crippen molar-refractivity contribution in [2.75, 3.05) is 32.8 Å². The number of hydrogen-bond acceptors (Lipinski definition) is 6. The van der Waals surface area contributed by atoms with Crippen molar-refractivity contribution in [3.05, 3.63) is 57.5 Å². The maximum Gasteiger partial charge on any atom is 0.419 e. The lowest BCUT2D eigenvalue weighted by Crippen LogP contribution is -2.51. The number of benzene rings is 2. The average molecular weight is 494 g/mol. The van der Waals surface area contributed by atoms with Crippen molar-refractivity contribution < 1.29 is 22.4 Å². The molecule has 0 saturated carbocycles. The van der Waals surface area contributed by atoms with Crippen molar-refractivity contribution in [2.24, 2.45) is 0 Å². The van der Waals surface area contributed by atoms with Gasteiger partial charge in [0, 0.05) is 43.8 Å². The molecule has 0 N–H and O–H groups in total. The molecule has 0 aliphatic carbocycles. The molecule has 1 fully saturated rings. The van der Waals surface area contributed by atoms with Gasteiger partial charge in [-0.05, 0) is 49.7 Å². The summed E-state index contributed by atoms with van der Waals surface area (Å²) in [5, 5.41) is 0.590. The van der Waals surface area contributed by atoms with E-state index in [9.17, 15) is 18.0 Å². The number of fused-ring (bicyclic) bond motifs is 1. The number of carbonyl (C=O) groups excluding carboxylic acids is 1. The Bertz CT molecular complexity index is 1360. The summed E-state index contributed by atoms with van der Waals surface area (Å²) in [6.07, 6.45) is 0. The number of amides is 1. The van der Waals surface area contributed by atoms with E-state index >= 15 is 0 Å². The monoisotopic (exact) mass is 493 g/mol. The normalized spacial score (nSPS) is 15.2. The fourth-order valence-corrected chi connectivity index (χ4v) is 5.50. The first-order valence-electron chi connectivity index (χ1n) is 10.5. The van der Waals surface area contributed by atoms with Crippen LogP contribution in [0.5, 0.6) is 5.75 Å². The van der Waals surface area contributed by atoms with Crippen LogP contribution >= 0.6 is 11.6 Å². The minimum Gasteiger partial charge on any atom is -0.483 e. The van der Waals surface area contributed by atoms with E-state index in [0.717, 1.165) is 5.56 Å². The molecule has 1 aliphatic rings. The van der Waals surface area contributed by atoms with Gasteiger partial charge in [-0.25, -0.2) is 13.2 Å². The van der Waals surface area contributed by atoms with E-state index in [4.69, 9.17) is 20.8 Å². The van der Waals surface area contributed by atoms with Crippen LogP contribution in [0.15, 0.2) is 50.5 Å². The van der Waals surface area contributed by atoms with Gasteiger partial charge in [-0.3, -0.25) is 9.36 Å². The van der Waals surface area contributed by atoms with E-state index in [0.29, 0.717) is 22.8 Å². The van der Waals surface area contributed by atoms with E-state index in [2.05, 4.69) is 0 Å². The minimum atomic E-state index is -3.80. The van der Waals surface area contributed by atoms with E-state index in [1.54, 1.807) is 29.2 Å². The number of halogens is 1. The summed E-state index contributed by atoms with van der Waals surface area (Å²) in [5.41, 5.74) is 1.60. The predicted molar refractivity (Wildman–Crippen MR) is 123 cm³/mol. The second-order valence-corrected chi connectivity index (χ2v) is 10.1. The van der Waals surface area contributed by atoms with Gasteiger partial charge in [0.25, 0.3) is 5.91 Å². The summed E-state index contributed by atoms with van der Waals surface area (Å²) in [4.78, 5) is 26.1. The third kappa shape index (κ3) is 4.64. The van der Waals surface area contributed by atoms with Crippen LogP contribution in [-0.4, -0.2) is 60.9 Å². The van der Waals surface area contributed by atoms with Crippen LogP contribution in [0.4, 0.5) is 0 Å². The zero-order valence-electron chi connectivity index (χ0n) is 18.3. The number of nitrogens with zero attached hydrogens (tertiary/aromatic N) is 3. The van der Waals surface area contributed by atoms with Crippen LogP contribution in [0.1, 0.15) is 12.5 Å². The number of aryl methyl sites for hydroxylation is 2. The lowest BCUT2D eigenvalue weighted by molar-refractivity contribution is -0.134. The maximum absolute atomic E-state index is 13.1. The molecular formula is C22H24ClN3O6S. The summed E-state index contributed by atoms with van der Waals surface area (Å²) < 4.78 is 39.8. The van der Waals surface area contributed by atoms with Gasteiger partial charge in [-0.2, -0.15) is 4.31 Å². The molecule has 2 aromatic carbocycles. The molecule has 33 heavy (non-hydrogen) atoms. The molecule has 1 aromatic heterocycles. The Labute approximate surface area is 196 Å². The largest absolute Gasteiger partial charge is 0.483 e. The molecule has 2 heterocycles. The molecule has 0 spiro atoms. The van der Waals surface area contributed by atoms with Gasteiger partial charge in [0.1, 0.15) is 5.75 Å². The molecule has 11 heteroatoms. The molecule has 176 valence electrons. The Kier molecular flexibility index (Phi) is 6.51. The number of ether oxygens (including phenoxy) is 1. The number of aromatic nitrogens is 1. The molecule has 1 amide bonds. The van der Waals surface area contributed by atoms with Crippen molar-refractivity contribution in [3.8, 4) is 5.75 Å². The summed E-state index contributed by atoms with van der Waals surface area (Å²) in [6, 6.07) is 9.58. The molecule has 9 nitrogen and oxygen atoms in total. The first-order chi connectivity index (χ1) is 15.7. The van der Waals surface area contributed by atoms with Gasteiger partial charge < -0.3 is 14.1 Å². The summed E-state index contributed by atoms with van der Waals surface area (Å²) in [5.74, 6) is -0.163. The van der Waals surface area contributed by atoms with Crippen molar-refractivity contribution >= 4 is 38.6 Å². The third-order valence-electron chi connectivity index (χ3n) is 5.67. The highest BCUT2D eigenvalue weighted by Crippen LogP contribution is 2.24. The van der Waals surface area contributed by atoms with Crippen molar-refractivity contribution in [1.82, 2.24) is 13.8 Å². The first kappa shape index (κ1) is 23.3. The van der Waals surface area contributed by atoms with E-state index in [1.807, 2.05) is 13.8 Å². The zero-order chi connectivity index (χ0) is 23.8. The van der Waals surface area contributed by atoms with Crippen LogP contribution in [-0.2, 0) is 21.4 Å². The zero-order valence-corrected chi connectivity index (χ0v) is 19.9. The number of oxazole rings is 1. The third-order valence-corrected chi connectivity index (χ3v) is 7.80. The van der Waals surface area contributed by atoms with Crippen molar-refractivity contribution in [1.29, 1.82) is 0 Å². The molecular weight excluding hydrogens is 470 g/mol. The molecule has 1 aliphatic heterocycles. The fraction of sp³-hybridized carbons (Fsp3) is 0.364. The minimum absolute atomic E-state index is 0.0494. The number of carbonyl (C=O) groups is 1. The van der Waals surface area contributed by atoms with Gasteiger partial charge in [0.05, 0.1) is 10.4 Å². The van der Waals surface area contributed by atoms with Gasteiger partial charge in [-0.15, -0.1) is 0 Å². The average Bonchev–Trinajstić information content (AvgIpc) is 3.12. The summed E-state index contributed by atoms with van der Waals surface area (Å²) >= 11 is 5.93. The Hall–Kier alpha value is -2.82. The molecule has 0 unspecified atom stereocenters. The SMILES string of the molecule is CCn1c(=O)oc2cc(S(=O)(=O)N3CCN(C(=O)COc4ccc(Cl)cc4C)CC3)ccc21. The first-order valence-corrected chi connectivity index (χ1v) is 12.3. The number of piperazine rings is 1. The Morgan fingerprint density at radius 3 is 2.52 bits per heavy atom. The van der Waals surface area contributed by atoms with Gasteiger partial charge in [0.15, 0.2) is 12.2 Å². The number of rotatable bonds is 6. The molecule has 0 bridgehead atoms. The highest BCUT2D eigenvalue weighted by Gasteiger charge is 2.31. The van der Waals surface area contributed by atoms with E-state index in [1.165, 1.54) is 21.0 Å². The molecule has 1 saturated heterocycles. The number of hydrogen-bond donors (Lipinski definition) is 0. The summed E-state index contributed by atoms with van der Waals surface area (Å²) in [7, 11) is -3.80. The second-order valence-electron chi connectivity index (χ2n) is 7.73. The van der Waals surface area contributed by atoms with Crippen LogP contribution in [0.2, 0.25) is 5.02 Å². The highest BCUT2D eigenvalue weighted by molar-refractivity contribution is 7.89. The van der Waals surface area contributed by atoms with Crippen LogP contribution in [0.25, 0.3) is 11.1 Å². The lowest BCUT2D eigenvalue weighted by atomic mass is 10.2. The maximum atomic E-state index is 13.1. The Morgan fingerprint density at radius 2 is 1.85 bits per heavy atom. The molecule has 0 atom stereocenters. The van der Waals surface area contributed by atoms with Gasteiger partial charge in [0.2, 0.25) is 10.0 Å². The molecule has 3 aromatic rings. The number of sulfonamides is 1. The quantitative estimate of drug-likeness (QED) is 0.522. The molecule has 0 radical (unpaired) electrons. The van der Waals surface area contributed by atoms with Crippen LogP contribution < -0.4 is 10.5 Å². The van der Waals surface area contributed by atoms with Crippen molar-refractivity contribution in [2.45, 2.75) is 25.3 Å². The lowest BCUT2D eigenvalue weighted by Gasteiger charge is -2.34. The van der Waals surface area contributed by atoms with Gasteiger partial charge >= 0.3 is 5.76 Å². The highest BCUT2D eigenvalue weighted by atomic mass is 35.5.